The molecule has 0 saturated heterocycles. The van der Waals surface area contributed by atoms with Gasteiger partial charge in [0.1, 0.15) is 5.76 Å². The van der Waals surface area contributed by atoms with Gasteiger partial charge in [0.15, 0.2) is 0 Å². The van der Waals surface area contributed by atoms with Gasteiger partial charge in [-0.15, -0.1) is 0 Å². The third kappa shape index (κ3) is 5.44. The lowest BCUT2D eigenvalue weighted by Gasteiger charge is -2.22. The van der Waals surface area contributed by atoms with Gasteiger partial charge in [-0.25, -0.2) is 8.42 Å². The first kappa shape index (κ1) is 19.2. The molecule has 1 heterocycles. The molecule has 0 unspecified atom stereocenters. The van der Waals surface area contributed by atoms with Gasteiger partial charge in [-0.1, -0.05) is 31.5 Å². The highest BCUT2D eigenvalue weighted by Crippen LogP contribution is 2.18. The second kappa shape index (κ2) is 8.82. The van der Waals surface area contributed by atoms with Crippen molar-refractivity contribution >= 4 is 15.9 Å². The van der Waals surface area contributed by atoms with E-state index in [1.165, 1.54) is 18.4 Å². The molecule has 2 rings (SSSR count). The number of carbonyl (C=O) groups excluding carboxylic acids is 1. The van der Waals surface area contributed by atoms with Crippen LogP contribution in [0.25, 0.3) is 0 Å². The van der Waals surface area contributed by atoms with E-state index in [0.29, 0.717) is 5.76 Å². The number of benzene rings is 1. The SMILES string of the molecule is CCC[C@H](C)NC(=O)CN(Cc1ccco1)S(=O)(=O)c1ccccc1. The standard InChI is InChI=1S/C18H24N2O4S/c1-3-8-15(2)19-18(21)14-20(13-16-9-7-12-24-16)25(22,23)17-10-5-4-6-11-17/h4-7,9-12,15H,3,8,13-14H2,1-2H3,(H,19,21)/t15-/m0/s1. The van der Waals surface area contributed by atoms with Gasteiger partial charge < -0.3 is 9.73 Å². The summed E-state index contributed by atoms with van der Waals surface area (Å²) in [5.41, 5.74) is 0. The molecule has 0 aliphatic carbocycles. The van der Waals surface area contributed by atoms with E-state index in [9.17, 15) is 13.2 Å². The van der Waals surface area contributed by atoms with E-state index < -0.39 is 10.0 Å². The molecule has 6 nitrogen and oxygen atoms in total. The minimum atomic E-state index is -3.81. The van der Waals surface area contributed by atoms with E-state index in [2.05, 4.69) is 5.32 Å². The summed E-state index contributed by atoms with van der Waals surface area (Å²) in [5.74, 6) is 0.154. The smallest absolute Gasteiger partial charge is 0.243 e. The summed E-state index contributed by atoms with van der Waals surface area (Å²) in [7, 11) is -3.81. The van der Waals surface area contributed by atoms with Crippen molar-refractivity contribution in [3.63, 3.8) is 0 Å². The number of carbonyl (C=O) groups is 1. The van der Waals surface area contributed by atoms with E-state index >= 15 is 0 Å². The van der Waals surface area contributed by atoms with Gasteiger partial charge in [-0.2, -0.15) is 4.31 Å². The van der Waals surface area contributed by atoms with E-state index in [1.54, 1.807) is 30.3 Å². The number of hydrogen-bond donors (Lipinski definition) is 1. The Balaban J connectivity index is 2.20. The van der Waals surface area contributed by atoms with Crippen LogP contribution < -0.4 is 5.32 Å². The Labute approximate surface area is 148 Å². The number of rotatable bonds is 9. The maximum Gasteiger partial charge on any atom is 0.243 e. The number of nitrogens with zero attached hydrogens (tertiary/aromatic N) is 1. The number of furan rings is 1. The van der Waals surface area contributed by atoms with Crippen LogP contribution in [0.5, 0.6) is 0 Å². The van der Waals surface area contributed by atoms with E-state index in [1.807, 2.05) is 13.8 Å². The topological polar surface area (TPSA) is 79.6 Å². The van der Waals surface area contributed by atoms with Crippen molar-refractivity contribution in [3.8, 4) is 0 Å². The zero-order valence-corrected chi connectivity index (χ0v) is 15.3. The van der Waals surface area contributed by atoms with Crippen LogP contribution in [0.3, 0.4) is 0 Å². The van der Waals surface area contributed by atoms with Crippen LogP contribution in [0, 0.1) is 0 Å². The summed E-state index contributed by atoms with van der Waals surface area (Å²) >= 11 is 0. The van der Waals surface area contributed by atoms with Gasteiger partial charge in [0.25, 0.3) is 0 Å². The largest absolute Gasteiger partial charge is 0.468 e. The monoisotopic (exact) mass is 364 g/mol. The van der Waals surface area contributed by atoms with Crippen LogP contribution in [-0.4, -0.2) is 31.2 Å². The van der Waals surface area contributed by atoms with Crippen molar-refractivity contribution in [2.45, 2.75) is 44.2 Å². The summed E-state index contributed by atoms with van der Waals surface area (Å²) in [6.07, 6.45) is 3.27. The Morgan fingerprint density at radius 2 is 1.92 bits per heavy atom. The van der Waals surface area contributed by atoms with Crippen LogP contribution in [0.1, 0.15) is 32.4 Å². The maximum absolute atomic E-state index is 12.9. The third-order valence-corrected chi connectivity index (χ3v) is 5.55. The summed E-state index contributed by atoms with van der Waals surface area (Å²) in [6.45, 7) is 3.68. The van der Waals surface area contributed by atoms with Gasteiger partial charge in [0.2, 0.25) is 15.9 Å². The first-order valence-electron chi connectivity index (χ1n) is 8.30. The molecule has 0 saturated carbocycles. The minimum absolute atomic E-state index is 0.000192. The van der Waals surface area contributed by atoms with E-state index in [-0.39, 0.29) is 29.9 Å². The van der Waals surface area contributed by atoms with Gasteiger partial charge in [-0.3, -0.25) is 4.79 Å². The lowest BCUT2D eigenvalue weighted by molar-refractivity contribution is -0.122. The van der Waals surface area contributed by atoms with E-state index in [0.717, 1.165) is 17.1 Å². The normalized spacial score (nSPS) is 12.9. The van der Waals surface area contributed by atoms with Gasteiger partial charge >= 0.3 is 0 Å². The predicted molar refractivity (Wildman–Crippen MR) is 95.3 cm³/mol. The molecule has 1 aromatic carbocycles. The molecule has 1 amide bonds. The molecule has 1 aromatic heterocycles. The number of sulfonamides is 1. The Bertz CT molecular complexity index is 758. The Morgan fingerprint density at radius 3 is 2.52 bits per heavy atom. The fraction of sp³-hybridized carbons (Fsp3) is 0.389. The average Bonchev–Trinajstić information content (AvgIpc) is 3.08. The second-order valence-electron chi connectivity index (χ2n) is 5.92. The average molecular weight is 364 g/mol. The molecule has 2 aromatic rings. The highest BCUT2D eigenvalue weighted by Gasteiger charge is 2.27. The molecule has 7 heteroatoms. The highest BCUT2D eigenvalue weighted by atomic mass is 32.2. The molecule has 1 N–H and O–H groups in total. The molecule has 0 bridgehead atoms. The molecule has 136 valence electrons. The zero-order chi connectivity index (χ0) is 18.3. The molecule has 0 spiro atoms. The van der Waals surface area contributed by atoms with Crippen LogP contribution in [0.15, 0.2) is 58.0 Å². The predicted octanol–water partition coefficient (Wildman–Crippen LogP) is 2.78. The molecular formula is C18H24N2O4S. The van der Waals surface area contributed by atoms with Gasteiger partial charge in [0.05, 0.1) is 24.2 Å². The summed E-state index contributed by atoms with van der Waals surface area (Å²) in [4.78, 5) is 12.4. The highest BCUT2D eigenvalue weighted by molar-refractivity contribution is 7.89. The molecule has 0 fully saturated rings. The second-order valence-corrected chi connectivity index (χ2v) is 7.86. The summed E-state index contributed by atoms with van der Waals surface area (Å²) < 4.78 is 32.2. The van der Waals surface area contributed by atoms with Gasteiger partial charge in [0, 0.05) is 6.04 Å². The minimum Gasteiger partial charge on any atom is -0.468 e. The fourth-order valence-corrected chi connectivity index (χ4v) is 3.91. The lowest BCUT2D eigenvalue weighted by atomic mass is 10.2. The third-order valence-electron chi connectivity index (χ3n) is 3.74. The number of amides is 1. The number of hydrogen-bond acceptors (Lipinski definition) is 4. The molecule has 1 atom stereocenters. The number of nitrogens with one attached hydrogen (secondary N) is 1. The van der Waals surface area contributed by atoms with Crippen LogP contribution in [0.2, 0.25) is 0 Å². The van der Waals surface area contributed by atoms with Crippen molar-refractivity contribution in [1.29, 1.82) is 0 Å². The Morgan fingerprint density at radius 1 is 1.20 bits per heavy atom. The van der Waals surface area contributed by atoms with Crippen molar-refractivity contribution in [2.75, 3.05) is 6.54 Å². The quantitative estimate of drug-likeness (QED) is 0.742. The molecule has 0 radical (unpaired) electrons. The molecule has 25 heavy (non-hydrogen) atoms. The van der Waals surface area contributed by atoms with Crippen molar-refractivity contribution in [1.82, 2.24) is 9.62 Å². The van der Waals surface area contributed by atoms with Crippen molar-refractivity contribution < 1.29 is 17.6 Å². The molecular weight excluding hydrogens is 340 g/mol. The van der Waals surface area contributed by atoms with E-state index in [4.69, 9.17) is 4.42 Å². The van der Waals surface area contributed by atoms with Crippen molar-refractivity contribution in [3.05, 3.63) is 54.5 Å². The van der Waals surface area contributed by atoms with Crippen LogP contribution >= 0.6 is 0 Å². The van der Waals surface area contributed by atoms with Crippen molar-refractivity contribution in [2.24, 2.45) is 0 Å². The van der Waals surface area contributed by atoms with Crippen LogP contribution in [0.4, 0.5) is 0 Å². The molecule has 0 aliphatic heterocycles. The van der Waals surface area contributed by atoms with Crippen LogP contribution in [-0.2, 0) is 21.4 Å². The zero-order valence-electron chi connectivity index (χ0n) is 14.5. The van der Waals surface area contributed by atoms with Gasteiger partial charge in [-0.05, 0) is 37.6 Å². The summed E-state index contributed by atoms with van der Waals surface area (Å²) in [6, 6.07) is 11.5. The Hall–Kier alpha value is -2.12. The first-order valence-corrected chi connectivity index (χ1v) is 9.74. The molecule has 0 aliphatic rings. The summed E-state index contributed by atoms with van der Waals surface area (Å²) in [5, 5.41) is 2.84. The maximum atomic E-state index is 12.9. The Kier molecular flexibility index (Phi) is 6.78. The fourth-order valence-electron chi connectivity index (χ4n) is 2.53. The first-order chi connectivity index (χ1) is 11.9. The lowest BCUT2D eigenvalue weighted by Crippen LogP contribution is -2.43.